The molecule has 0 radical (unpaired) electrons. The minimum absolute atomic E-state index is 0. The molecular formula is C21H26F2IN5O. The van der Waals surface area contributed by atoms with Crippen LogP contribution in [0.5, 0.6) is 5.75 Å². The van der Waals surface area contributed by atoms with Crippen LogP contribution >= 0.6 is 24.0 Å². The van der Waals surface area contributed by atoms with E-state index in [1.807, 2.05) is 31.2 Å². The van der Waals surface area contributed by atoms with E-state index in [-0.39, 0.29) is 36.3 Å². The average Bonchev–Trinajstić information content (AvgIpc) is 3.12. The second-order valence-electron chi connectivity index (χ2n) is 6.41. The van der Waals surface area contributed by atoms with Gasteiger partial charge in [-0.1, -0.05) is 30.3 Å². The number of aromatic amines is 1. The van der Waals surface area contributed by atoms with Gasteiger partial charge in [0.1, 0.15) is 11.6 Å². The van der Waals surface area contributed by atoms with Gasteiger partial charge in [-0.3, -0.25) is 0 Å². The number of fused-ring (bicyclic) bond motifs is 1. The smallest absolute Gasteiger partial charge is 0.387 e. The molecule has 0 saturated carbocycles. The minimum atomic E-state index is -2.86. The Morgan fingerprint density at radius 2 is 1.90 bits per heavy atom. The van der Waals surface area contributed by atoms with Crippen LogP contribution in [0.4, 0.5) is 8.78 Å². The topological polar surface area (TPSA) is 74.3 Å². The number of H-pyrrole nitrogens is 1. The van der Waals surface area contributed by atoms with Crippen molar-refractivity contribution in [3.05, 3.63) is 59.9 Å². The molecule has 0 aliphatic carbocycles. The molecule has 0 spiro atoms. The molecule has 1 heterocycles. The van der Waals surface area contributed by atoms with Crippen molar-refractivity contribution in [2.24, 2.45) is 4.99 Å². The lowest BCUT2D eigenvalue weighted by molar-refractivity contribution is -0.0504. The molecule has 0 fully saturated rings. The van der Waals surface area contributed by atoms with Crippen LogP contribution in [-0.4, -0.2) is 35.6 Å². The third-order valence-corrected chi connectivity index (χ3v) is 4.26. The third kappa shape index (κ3) is 7.12. The Morgan fingerprint density at radius 1 is 1.13 bits per heavy atom. The van der Waals surface area contributed by atoms with Crippen LogP contribution in [0.2, 0.25) is 0 Å². The van der Waals surface area contributed by atoms with Crippen molar-refractivity contribution in [3.8, 4) is 5.75 Å². The zero-order valence-electron chi connectivity index (χ0n) is 16.7. The van der Waals surface area contributed by atoms with E-state index in [2.05, 4.69) is 30.3 Å². The van der Waals surface area contributed by atoms with Crippen molar-refractivity contribution in [2.45, 2.75) is 32.9 Å². The Labute approximate surface area is 191 Å². The average molecular weight is 529 g/mol. The van der Waals surface area contributed by atoms with E-state index >= 15 is 0 Å². The number of para-hydroxylation sites is 3. The maximum absolute atomic E-state index is 12.5. The number of hydrogen-bond donors (Lipinski definition) is 3. The summed E-state index contributed by atoms with van der Waals surface area (Å²) in [7, 11) is 0. The van der Waals surface area contributed by atoms with E-state index < -0.39 is 6.61 Å². The molecule has 0 aliphatic rings. The van der Waals surface area contributed by atoms with Crippen molar-refractivity contribution < 1.29 is 13.5 Å². The summed E-state index contributed by atoms with van der Waals surface area (Å²) in [5.74, 6) is 1.73. The van der Waals surface area contributed by atoms with Crippen molar-refractivity contribution in [1.29, 1.82) is 0 Å². The predicted octanol–water partition coefficient (Wildman–Crippen LogP) is 4.47. The van der Waals surface area contributed by atoms with Gasteiger partial charge in [-0.25, -0.2) is 9.98 Å². The number of nitrogens with one attached hydrogen (secondary N) is 3. The third-order valence-electron chi connectivity index (χ3n) is 4.26. The molecule has 0 bridgehead atoms. The zero-order chi connectivity index (χ0) is 20.5. The van der Waals surface area contributed by atoms with Crippen molar-refractivity contribution in [2.75, 3.05) is 13.1 Å². The van der Waals surface area contributed by atoms with Gasteiger partial charge in [0.25, 0.3) is 0 Å². The quantitative estimate of drug-likeness (QED) is 0.166. The molecule has 0 atom stereocenters. The number of rotatable bonds is 9. The van der Waals surface area contributed by atoms with E-state index in [0.29, 0.717) is 24.6 Å². The molecule has 6 nitrogen and oxygen atoms in total. The summed E-state index contributed by atoms with van der Waals surface area (Å²) in [6.07, 6.45) is 1.68. The number of aliphatic imine (C=N–C) groups is 1. The number of imidazole rings is 1. The molecule has 30 heavy (non-hydrogen) atoms. The summed E-state index contributed by atoms with van der Waals surface area (Å²) >= 11 is 0. The first kappa shape index (κ1) is 23.8. The van der Waals surface area contributed by atoms with Gasteiger partial charge < -0.3 is 20.4 Å². The lowest BCUT2D eigenvalue weighted by Crippen LogP contribution is -2.37. The highest BCUT2D eigenvalue weighted by atomic mass is 127. The number of nitrogens with zero attached hydrogens (tertiary/aromatic N) is 2. The predicted molar refractivity (Wildman–Crippen MR) is 126 cm³/mol. The van der Waals surface area contributed by atoms with Crippen LogP contribution in [0.15, 0.2) is 53.5 Å². The fraction of sp³-hybridized carbons (Fsp3) is 0.333. The van der Waals surface area contributed by atoms with Gasteiger partial charge in [0.05, 0.1) is 17.6 Å². The first-order valence-electron chi connectivity index (χ1n) is 9.64. The summed E-state index contributed by atoms with van der Waals surface area (Å²) in [6, 6.07) is 14.6. The number of aromatic nitrogens is 2. The number of aryl methyl sites for hydroxylation is 1. The van der Waals surface area contributed by atoms with E-state index in [4.69, 9.17) is 0 Å². The fourth-order valence-electron chi connectivity index (χ4n) is 2.94. The Kier molecular flexibility index (Phi) is 9.78. The Balaban J connectivity index is 0.00000320. The molecule has 1 aromatic heterocycles. The lowest BCUT2D eigenvalue weighted by Gasteiger charge is -2.12. The highest BCUT2D eigenvalue weighted by Gasteiger charge is 2.09. The van der Waals surface area contributed by atoms with Crippen LogP contribution in [-0.2, 0) is 13.0 Å². The second-order valence-corrected chi connectivity index (χ2v) is 6.41. The SMILES string of the molecule is CCNC(=NCc1ccccc1OC(F)F)NCCCc1nc2ccccc2[nH]1.I. The highest BCUT2D eigenvalue weighted by molar-refractivity contribution is 14.0. The van der Waals surface area contributed by atoms with Crippen LogP contribution < -0.4 is 15.4 Å². The first-order valence-corrected chi connectivity index (χ1v) is 9.64. The molecule has 2 aromatic carbocycles. The standard InChI is InChI=1S/C21H25F2N5O.HI/c1-2-24-21(26-14-15-8-3-6-11-18(15)29-20(22)23)25-13-7-12-19-27-16-9-4-5-10-17(16)28-19;/h3-6,8-11,20H,2,7,12-14H2,1H3,(H,27,28)(H2,24,25,26);1H. The van der Waals surface area contributed by atoms with Crippen LogP contribution in [0.25, 0.3) is 11.0 Å². The molecule has 0 amide bonds. The van der Waals surface area contributed by atoms with Crippen LogP contribution in [0, 0.1) is 0 Å². The van der Waals surface area contributed by atoms with Gasteiger partial charge in [-0.05, 0) is 31.5 Å². The minimum Gasteiger partial charge on any atom is -0.434 e. The molecule has 3 aromatic rings. The fourth-order valence-corrected chi connectivity index (χ4v) is 2.94. The summed E-state index contributed by atoms with van der Waals surface area (Å²) in [4.78, 5) is 12.4. The molecular weight excluding hydrogens is 503 g/mol. The molecule has 9 heteroatoms. The lowest BCUT2D eigenvalue weighted by atomic mass is 10.2. The molecule has 0 unspecified atom stereocenters. The van der Waals surface area contributed by atoms with Crippen LogP contribution in [0.1, 0.15) is 24.7 Å². The Bertz CT molecular complexity index is 915. The number of hydrogen-bond acceptors (Lipinski definition) is 3. The van der Waals surface area contributed by atoms with Crippen molar-refractivity contribution in [1.82, 2.24) is 20.6 Å². The zero-order valence-corrected chi connectivity index (χ0v) is 19.0. The van der Waals surface area contributed by atoms with Crippen molar-refractivity contribution in [3.63, 3.8) is 0 Å². The van der Waals surface area contributed by atoms with Gasteiger partial charge >= 0.3 is 6.61 Å². The summed E-state index contributed by atoms with van der Waals surface area (Å²) < 4.78 is 29.6. The molecule has 162 valence electrons. The number of ether oxygens (including phenoxy) is 1. The number of alkyl halides is 2. The second kappa shape index (κ2) is 12.3. The van der Waals surface area contributed by atoms with Gasteiger partial charge in [0, 0.05) is 25.1 Å². The maximum Gasteiger partial charge on any atom is 0.387 e. The number of benzene rings is 2. The first-order chi connectivity index (χ1) is 14.2. The Hall–Kier alpha value is -2.43. The largest absolute Gasteiger partial charge is 0.434 e. The van der Waals surface area contributed by atoms with Gasteiger partial charge in [0.2, 0.25) is 0 Å². The molecule has 0 saturated heterocycles. The van der Waals surface area contributed by atoms with E-state index in [0.717, 1.165) is 29.7 Å². The number of halogens is 3. The van der Waals surface area contributed by atoms with Gasteiger partial charge in [-0.15, -0.1) is 24.0 Å². The molecule has 3 rings (SSSR count). The van der Waals surface area contributed by atoms with E-state index in [9.17, 15) is 8.78 Å². The Morgan fingerprint density at radius 3 is 2.67 bits per heavy atom. The summed E-state index contributed by atoms with van der Waals surface area (Å²) in [5, 5.41) is 6.42. The van der Waals surface area contributed by atoms with Crippen LogP contribution in [0.3, 0.4) is 0 Å². The highest BCUT2D eigenvalue weighted by Crippen LogP contribution is 2.20. The summed E-state index contributed by atoms with van der Waals surface area (Å²) in [5.41, 5.74) is 2.61. The van der Waals surface area contributed by atoms with Crippen molar-refractivity contribution >= 4 is 41.0 Å². The monoisotopic (exact) mass is 529 g/mol. The normalized spacial score (nSPS) is 11.4. The molecule has 3 N–H and O–H groups in total. The number of guanidine groups is 1. The molecule has 0 aliphatic heterocycles. The van der Waals surface area contributed by atoms with Gasteiger partial charge in [-0.2, -0.15) is 8.78 Å². The maximum atomic E-state index is 12.5. The van der Waals surface area contributed by atoms with E-state index in [1.54, 1.807) is 18.2 Å². The summed E-state index contributed by atoms with van der Waals surface area (Å²) in [6.45, 7) is 0.758. The van der Waals surface area contributed by atoms with Gasteiger partial charge in [0.15, 0.2) is 5.96 Å². The van der Waals surface area contributed by atoms with E-state index in [1.165, 1.54) is 6.07 Å².